The summed E-state index contributed by atoms with van der Waals surface area (Å²) in [6.07, 6.45) is 6.35. The molecule has 3 rings (SSSR count). The Morgan fingerprint density at radius 3 is 2.66 bits per heavy atom. The van der Waals surface area contributed by atoms with E-state index in [9.17, 15) is 14.7 Å². The van der Waals surface area contributed by atoms with Gasteiger partial charge in [-0.05, 0) is 45.1 Å². The van der Waals surface area contributed by atoms with Gasteiger partial charge in [-0.3, -0.25) is 14.3 Å². The van der Waals surface area contributed by atoms with E-state index in [1.807, 2.05) is 28.8 Å². The number of hydrogen-bond acceptors (Lipinski definition) is 5. The molecule has 8 nitrogen and oxygen atoms in total. The van der Waals surface area contributed by atoms with Crippen molar-refractivity contribution in [3.63, 3.8) is 0 Å². The minimum absolute atomic E-state index is 0.0262. The molecule has 162 valence electrons. The number of piperidine rings is 1. The Morgan fingerprint density at radius 1 is 1.24 bits per heavy atom. The summed E-state index contributed by atoms with van der Waals surface area (Å²) in [5, 5.41) is 18.5. The highest BCUT2D eigenvalue weighted by Gasteiger charge is 2.34. The first-order chi connectivity index (χ1) is 13.8. The molecule has 1 aromatic heterocycles. The van der Waals surface area contributed by atoms with Gasteiger partial charge in [-0.25, -0.2) is 0 Å². The van der Waals surface area contributed by atoms with Gasteiger partial charge in [0.2, 0.25) is 11.8 Å². The third-order valence-corrected chi connectivity index (χ3v) is 6.11. The molecule has 3 heterocycles. The van der Waals surface area contributed by atoms with Crippen LogP contribution in [0, 0.1) is 6.92 Å². The quantitative estimate of drug-likeness (QED) is 0.735. The van der Waals surface area contributed by atoms with Crippen LogP contribution < -0.4 is 5.32 Å². The van der Waals surface area contributed by atoms with Gasteiger partial charge in [-0.1, -0.05) is 0 Å². The Hall–Kier alpha value is -1.93. The third-order valence-electron chi connectivity index (χ3n) is 6.11. The lowest BCUT2D eigenvalue weighted by molar-refractivity contribution is -0.131. The van der Waals surface area contributed by atoms with Crippen LogP contribution in [0.2, 0.25) is 0 Å². The maximum absolute atomic E-state index is 12.6. The Morgan fingerprint density at radius 2 is 2.00 bits per heavy atom. The summed E-state index contributed by atoms with van der Waals surface area (Å²) in [5.41, 5.74) is 0.216. The Kier molecular flexibility index (Phi) is 7.29. The van der Waals surface area contributed by atoms with E-state index in [-0.39, 0.29) is 17.9 Å². The number of carbonyl (C=O) groups excluding carboxylic acids is 2. The molecule has 0 unspecified atom stereocenters. The molecule has 2 aliphatic rings. The zero-order valence-electron chi connectivity index (χ0n) is 17.8. The minimum atomic E-state index is -0.741. The first-order valence-electron chi connectivity index (χ1n) is 10.8. The summed E-state index contributed by atoms with van der Waals surface area (Å²) < 4.78 is 1.81. The summed E-state index contributed by atoms with van der Waals surface area (Å²) >= 11 is 0. The molecule has 0 spiro atoms. The number of likely N-dealkylation sites (tertiary alicyclic amines) is 2. The van der Waals surface area contributed by atoms with Gasteiger partial charge < -0.3 is 20.2 Å². The van der Waals surface area contributed by atoms with E-state index in [2.05, 4.69) is 15.3 Å². The average molecular weight is 406 g/mol. The second-order valence-corrected chi connectivity index (χ2v) is 8.68. The molecule has 1 atom stereocenters. The van der Waals surface area contributed by atoms with Crippen LogP contribution in [0.1, 0.15) is 51.1 Å². The number of amides is 2. The Balaban J connectivity index is 1.43. The molecule has 1 aromatic rings. The molecule has 0 bridgehead atoms. The summed E-state index contributed by atoms with van der Waals surface area (Å²) in [4.78, 5) is 28.0. The minimum Gasteiger partial charge on any atom is -0.388 e. The summed E-state index contributed by atoms with van der Waals surface area (Å²) in [6.45, 7) is 7.84. The Labute approximate surface area is 173 Å². The van der Waals surface area contributed by atoms with Gasteiger partial charge in [-0.2, -0.15) is 5.10 Å². The monoisotopic (exact) mass is 405 g/mol. The lowest BCUT2D eigenvalue weighted by Crippen LogP contribution is -2.50. The van der Waals surface area contributed by atoms with E-state index < -0.39 is 5.60 Å². The highest BCUT2D eigenvalue weighted by Crippen LogP contribution is 2.25. The predicted octanol–water partition coefficient (Wildman–Crippen LogP) is 0.926. The van der Waals surface area contributed by atoms with Gasteiger partial charge in [0.15, 0.2) is 0 Å². The predicted molar refractivity (Wildman–Crippen MR) is 110 cm³/mol. The fraction of sp³-hybridized carbons (Fsp3) is 0.762. The van der Waals surface area contributed by atoms with Crippen LogP contribution in [0.25, 0.3) is 0 Å². The fourth-order valence-electron chi connectivity index (χ4n) is 4.48. The number of β-amino-alcohol motifs (C(OH)–C–C–N with tert-alkyl or cyclic N) is 1. The largest absolute Gasteiger partial charge is 0.388 e. The molecule has 0 radical (unpaired) electrons. The number of nitrogens with zero attached hydrogens (tertiary/aromatic N) is 4. The lowest BCUT2D eigenvalue weighted by atomic mass is 9.93. The number of hydrogen-bond donors (Lipinski definition) is 2. The molecule has 2 fully saturated rings. The molecule has 8 heteroatoms. The zero-order valence-corrected chi connectivity index (χ0v) is 17.8. The van der Waals surface area contributed by atoms with Crippen molar-refractivity contribution in [2.75, 3.05) is 32.7 Å². The van der Waals surface area contributed by atoms with E-state index in [4.69, 9.17) is 0 Å². The number of carbonyl (C=O) groups is 2. The second-order valence-electron chi connectivity index (χ2n) is 8.68. The van der Waals surface area contributed by atoms with Crippen LogP contribution in [0.15, 0.2) is 12.3 Å². The molecule has 0 aliphatic carbocycles. The Bertz CT molecular complexity index is 698. The zero-order chi connectivity index (χ0) is 20.9. The maximum atomic E-state index is 12.6. The number of aliphatic hydroxyl groups is 1. The van der Waals surface area contributed by atoms with Crippen molar-refractivity contribution in [1.82, 2.24) is 24.9 Å². The van der Waals surface area contributed by atoms with Crippen molar-refractivity contribution in [2.24, 2.45) is 0 Å². The molecule has 2 amide bonds. The van der Waals surface area contributed by atoms with Crippen molar-refractivity contribution >= 4 is 11.8 Å². The first-order valence-corrected chi connectivity index (χ1v) is 10.8. The molecule has 2 aliphatic heterocycles. The topological polar surface area (TPSA) is 90.7 Å². The maximum Gasteiger partial charge on any atom is 0.224 e. The van der Waals surface area contributed by atoms with Crippen molar-refractivity contribution < 1.29 is 14.7 Å². The van der Waals surface area contributed by atoms with Gasteiger partial charge >= 0.3 is 0 Å². The number of aryl methyl sites for hydroxylation is 2. The van der Waals surface area contributed by atoms with Crippen LogP contribution in [-0.4, -0.2) is 80.9 Å². The van der Waals surface area contributed by atoms with Gasteiger partial charge in [0.1, 0.15) is 0 Å². The van der Waals surface area contributed by atoms with Gasteiger partial charge in [0, 0.05) is 64.9 Å². The van der Waals surface area contributed by atoms with Crippen molar-refractivity contribution in [1.29, 1.82) is 0 Å². The van der Waals surface area contributed by atoms with Gasteiger partial charge in [0.25, 0.3) is 0 Å². The third kappa shape index (κ3) is 6.54. The van der Waals surface area contributed by atoms with E-state index in [1.165, 1.54) is 0 Å². The first kappa shape index (κ1) is 21.8. The van der Waals surface area contributed by atoms with E-state index in [0.717, 1.165) is 44.5 Å². The summed E-state index contributed by atoms with van der Waals surface area (Å²) in [7, 11) is 0. The number of aromatic nitrogens is 2. The molecular weight excluding hydrogens is 370 g/mol. The van der Waals surface area contributed by atoms with Crippen molar-refractivity contribution in [3.05, 3.63) is 18.0 Å². The molecule has 0 aromatic carbocycles. The number of nitrogens with one attached hydrogen (secondary N) is 1. The van der Waals surface area contributed by atoms with Crippen molar-refractivity contribution in [2.45, 2.75) is 70.6 Å². The van der Waals surface area contributed by atoms with E-state index in [1.54, 1.807) is 6.92 Å². The molecular formula is C21H35N5O3. The van der Waals surface area contributed by atoms with Crippen LogP contribution in [0.5, 0.6) is 0 Å². The highest BCUT2D eigenvalue weighted by molar-refractivity contribution is 5.76. The molecule has 0 saturated carbocycles. The normalized spacial score (nSPS) is 24.3. The second kappa shape index (κ2) is 9.71. The molecule has 2 saturated heterocycles. The van der Waals surface area contributed by atoms with Crippen LogP contribution in [0.4, 0.5) is 0 Å². The average Bonchev–Trinajstić information content (AvgIpc) is 2.99. The highest BCUT2D eigenvalue weighted by atomic mass is 16.3. The van der Waals surface area contributed by atoms with E-state index in [0.29, 0.717) is 39.0 Å². The SMILES string of the molecule is CC(=O)NC1CCN(C[C@]2(O)CCCN(C(=O)CCn3ccc(C)n3)CC2)CC1. The van der Waals surface area contributed by atoms with Crippen LogP contribution >= 0.6 is 0 Å². The van der Waals surface area contributed by atoms with Gasteiger partial charge in [-0.15, -0.1) is 0 Å². The standard InChI is InChI=1S/C21H35N5O3/c1-17-4-13-26(23-17)14-7-20(28)25-10-3-8-21(29,9-15-25)16-24-11-5-19(6-12-24)22-18(2)27/h4,13,19,29H,3,5-12,14-16H2,1-2H3,(H,22,27)/t21-/m0/s1. The van der Waals surface area contributed by atoms with Crippen LogP contribution in [-0.2, 0) is 16.1 Å². The summed E-state index contributed by atoms with van der Waals surface area (Å²) in [6, 6.07) is 2.19. The van der Waals surface area contributed by atoms with Crippen molar-refractivity contribution in [3.8, 4) is 0 Å². The molecule has 29 heavy (non-hydrogen) atoms. The van der Waals surface area contributed by atoms with E-state index >= 15 is 0 Å². The smallest absolute Gasteiger partial charge is 0.224 e. The molecule has 2 N–H and O–H groups in total. The van der Waals surface area contributed by atoms with Gasteiger partial charge in [0.05, 0.1) is 11.3 Å². The number of rotatable bonds is 6. The fourth-order valence-corrected chi connectivity index (χ4v) is 4.48. The van der Waals surface area contributed by atoms with Crippen LogP contribution in [0.3, 0.4) is 0 Å². The summed E-state index contributed by atoms with van der Waals surface area (Å²) in [5.74, 6) is 0.164. The lowest BCUT2D eigenvalue weighted by Gasteiger charge is -2.38.